The van der Waals surface area contributed by atoms with Gasteiger partial charge in [-0.25, -0.2) is 0 Å². The predicted molar refractivity (Wildman–Crippen MR) is 137 cm³/mol. The first-order chi connectivity index (χ1) is 16.9. The van der Waals surface area contributed by atoms with E-state index in [9.17, 15) is 19.8 Å². The molecule has 6 nitrogen and oxygen atoms in total. The fourth-order valence-electron chi connectivity index (χ4n) is 4.50. The molecule has 0 aromatic heterocycles. The highest BCUT2D eigenvalue weighted by molar-refractivity contribution is 5.97. The topological polar surface area (TPSA) is 95.9 Å². The van der Waals surface area contributed by atoms with Crippen LogP contribution in [0, 0.1) is 5.92 Å². The number of Topliss-reactive ketones (excluding diaryl/α,β-unsaturated/α-hetero) is 1. The largest absolute Gasteiger partial charge is 0.509 e. The van der Waals surface area contributed by atoms with E-state index >= 15 is 0 Å². The molecule has 1 aromatic rings. The van der Waals surface area contributed by atoms with E-state index in [-0.39, 0.29) is 35.8 Å². The molecular weight excluding hydrogens is 442 g/mol. The van der Waals surface area contributed by atoms with E-state index in [1.807, 2.05) is 61.6 Å². The summed E-state index contributed by atoms with van der Waals surface area (Å²) >= 11 is 0. The minimum Gasteiger partial charge on any atom is -0.509 e. The second-order valence-corrected chi connectivity index (χ2v) is 9.03. The smallest absolute Gasteiger partial charge is 0.244 e. The Morgan fingerprint density at radius 3 is 2.54 bits per heavy atom. The number of hydrogen-bond acceptors (Lipinski definition) is 5. The van der Waals surface area contributed by atoms with Gasteiger partial charge in [-0.05, 0) is 38.2 Å². The van der Waals surface area contributed by atoms with Crippen molar-refractivity contribution in [2.24, 2.45) is 5.92 Å². The number of carbonyl (C=O) groups is 2. The van der Waals surface area contributed by atoms with Gasteiger partial charge in [-0.15, -0.1) is 0 Å². The lowest BCUT2D eigenvalue weighted by molar-refractivity contribution is -0.118. The second-order valence-electron chi connectivity index (χ2n) is 9.03. The summed E-state index contributed by atoms with van der Waals surface area (Å²) in [5, 5.41) is 24.1. The molecule has 3 rings (SSSR count). The summed E-state index contributed by atoms with van der Waals surface area (Å²) in [4.78, 5) is 25.5. The van der Waals surface area contributed by atoms with Crippen LogP contribution in [0.1, 0.15) is 50.6 Å². The molecule has 0 radical (unpaired) electrons. The minimum absolute atomic E-state index is 0.0444. The molecule has 3 N–H and O–H groups in total. The first kappa shape index (κ1) is 26.4. The number of rotatable bonds is 2. The summed E-state index contributed by atoms with van der Waals surface area (Å²) in [5.74, 6) is -0.790. The molecule has 0 fully saturated rings. The number of nitrogens with one attached hydrogen (secondary N) is 1. The van der Waals surface area contributed by atoms with E-state index in [0.717, 1.165) is 11.1 Å². The molecule has 4 unspecified atom stereocenters. The average molecular weight is 478 g/mol. The van der Waals surface area contributed by atoms with Gasteiger partial charge in [0.1, 0.15) is 11.9 Å². The van der Waals surface area contributed by atoms with Crippen LogP contribution in [0.25, 0.3) is 0 Å². The molecule has 4 atom stereocenters. The van der Waals surface area contributed by atoms with Crippen molar-refractivity contribution in [2.75, 3.05) is 7.11 Å². The molecule has 1 amide bonds. The molecule has 0 bridgehead atoms. The van der Waals surface area contributed by atoms with Crippen molar-refractivity contribution >= 4 is 11.7 Å². The highest BCUT2D eigenvalue weighted by Crippen LogP contribution is 2.36. The molecular formula is C29H35NO5. The first-order valence-electron chi connectivity index (χ1n) is 12.1. The Morgan fingerprint density at radius 1 is 1.06 bits per heavy atom. The van der Waals surface area contributed by atoms with Crippen LogP contribution in [0.3, 0.4) is 0 Å². The van der Waals surface area contributed by atoms with Crippen LogP contribution in [0.2, 0.25) is 0 Å². The number of allylic oxidation sites excluding steroid dienone is 7. The van der Waals surface area contributed by atoms with Crippen LogP contribution in [-0.4, -0.2) is 41.2 Å². The molecule has 1 heterocycles. The molecule has 1 aliphatic carbocycles. The van der Waals surface area contributed by atoms with Gasteiger partial charge in [0, 0.05) is 31.1 Å². The molecule has 6 heteroatoms. The predicted octanol–water partition coefficient (Wildman–Crippen LogP) is 4.81. The van der Waals surface area contributed by atoms with Crippen molar-refractivity contribution in [3.63, 3.8) is 0 Å². The van der Waals surface area contributed by atoms with E-state index < -0.39 is 12.2 Å². The third kappa shape index (κ3) is 7.64. The van der Waals surface area contributed by atoms with Crippen LogP contribution >= 0.6 is 0 Å². The van der Waals surface area contributed by atoms with E-state index in [2.05, 4.69) is 5.32 Å². The third-order valence-electron chi connectivity index (χ3n) is 6.33. The lowest BCUT2D eigenvalue weighted by atomic mass is 9.92. The number of amides is 1. The first-order valence-corrected chi connectivity index (χ1v) is 12.1. The summed E-state index contributed by atoms with van der Waals surface area (Å²) in [7, 11) is 1.51. The molecule has 0 saturated heterocycles. The summed E-state index contributed by atoms with van der Waals surface area (Å²) < 4.78 is 5.35. The van der Waals surface area contributed by atoms with Gasteiger partial charge in [-0.1, -0.05) is 72.4 Å². The maximum absolute atomic E-state index is 13.0. The Labute approximate surface area is 207 Å². The zero-order valence-corrected chi connectivity index (χ0v) is 20.4. The number of aliphatic hydroxyl groups excluding tert-OH is 2. The van der Waals surface area contributed by atoms with Crippen molar-refractivity contribution in [3.8, 4) is 0 Å². The van der Waals surface area contributed by atoms with Crippen LogP contribution in [-0.2, 0) is 14.3 Å². The van der Waals surface area contributed by atoms with Gasteiger partial charge in [0.25, 0.3) is 0 Å². The van der Waals surface area contributed by atoms with E-state index in [0.29, 0.717) is 31.3 Å². The quantitative estimate of drug-likeness (QED) is 0.532. The van der Waals surface area contributed by atoms with E-state index in [1.54, 1.807) is 12.2 Å². The van der Waals surface area contributed by atoms with Gasteiger partial charge < -0.3 is 20.3 Å². The van der Waals surface area contributed by atoms with Crippen molar-refractivity contribution in [3.05, 3.63) is 95.3 Å². The lowest BCUT2D eigenvalue weighted by Crippen LogP contribution is -2.26. The van der Waals surface area contributed by atoms with Crippen molar-refractivity contribution in [2.45, 2.75) is 57.3 Å². The Balaban J connectivity index is 1.84. The molecule has 35 heavy (non-hydrogen) atoms. The fraction of sp³-hybridized carbons (Fsp3) is 0.379. The van der Waals surface area contributed by atoms with Crippen LogP contribution in [0.4, 0.5) is 0 Å². The Bertz CT molecular complexity index is 1030. The molecule has 0 spiro atoms. The number of benzene rings is 1. The van der Waals surface area contributed by atoms with Gasteiger partial charge in [0.15, 0.2) is 5.78 Å². The van der Waals surface area contributed by atoms with Gasteiger partial charge in [0.2, 0.25) is 5.91 Å². The number of aliphatic hydroxyl groups is 2. The average Bonchev–Trinajstić information content (AvgIpc) is 3.15. The second kappa shape index (κ2) is 13.0. The van der Waals surface area contributed by atoms with Crippen molar-refractivity contribution in [1.82, 2.24) is 5.32 Å². The third-order valence-corrected chi connectivity index (χ3v) is 6.33. The minimum atomic E-state index is -0.810. The highest BCUT2D eigenvalue weighted by Gasteiger charge is 2.36. The Hall–Kier alpha value is -3.22. The van der Waals surface area contributed by atoms with Crippen LogP contribution in [0.5, 0.6) is 0 Å². The van der Waals surface area contributed by atoms with Crippen molar-refractivity contribution < 1.29 is 24.5 Å². The number of ether oxygens (including phenoxy) is 1. The number of fused-ring (bicyclic) bond motifs is 1. The van der Waals surface area contributed by atoms with Crippen LogP contribution < -0.4 is 5.32 Å². The van der Waals surface area contributed by atoms with E-state index in [4.69, 9.17) is 4.74 Å². The fourth-order valence-corrected chi connectivity index (χ4v) is 4.50. The van der Waals surface area contributed by atoms with Gasteiger partial charge in [-0.3, -0.25) is 9.59 Å². The number of ketones is 1. The number of carbonyl (C=O) groups excluding carboxylic acids is 2. The van der Waals surface area contributed by atoms with Crippen LogP contribution in [0.15, 0.2) is 89.8 Å². The summed E-state index contributed by atoms with van der Waals surface area (Å²) in [5.41, 5.74) is 2.22. The standard InChI is InChI=1S/C29H35NO5/c1-20-11-9-10-16-27(33)30-24(21-12-5-3-6-13-21)15-8-4-7-14-23(31)19-25(32)28-22(17-20)18-26(35-2)29(28)34/h3-6,8-13,16-17,22-24,26,31,34H,7,14-15,18-19H2,1-2H3,(H,30,33)/b8-4+,11-9+,16-10+,20-17?. The van der Waals surface area contributed by atoms with Gasteiger partial charge in [0.05, 0.1) is 12.1 Å². The maximum Gasteiger partial charge on any atom is 0.244 e. The lowest BCUT2D eigenvalue weighted by Gasteiger charge is -2.17. The molecule has 1 aliphatic heterocycles. The monoisotopic (exact) mass is 477 g/mol. The highest BCUT2D eigenvalue weighted by atomic mass is 16.5. The molecule has 0 saturated carbocycles. The SMILES string of the molecule is COC1CC2C=C(C)/C=C/C=C/C(=O)NC(c3ccccc3)C/C=C/CCC(O)CC(=O)C2=C1O. The normalized spacial score (nSPS) is 29.7. The zero-order valence-electron chi connectivity index (χ0n) is 20.4. The summed E-state index contributed by atoms with van der Waals surface area (Å²) in [6.45, 7) is 1.90. The molecule has 186 valence electrons. The maximum atomic E-state index is 13.0. The number of hydrogen-bond donors (Lipinski definition) is 3. The van der Waals surface area contributed by atoms with E-state index in [1.165, 1.54) is 13.2 Å². The molecule has 2 aliphatic rings. The van der Waals surface area contributed by atoms with Gasteiger partial charge >= 0.3 is 0 Å². The van der Waals surface area contributed by atoms with Crippen molar-refractivity contribution in [1.29, 1.82) is 0 Å². The summed E-state index contributed by atoms with van der Waals surface area (Å²) in [6, 6.07) is 9.61. The number of methoxy groups -OCH3 is 1. The Kier molecular flexibility index (Phi) is 9.82. The van der Waals surface area contributed by atoms with Gasteiger partial charge in [-0.2, -0.15) is 0 Å². The molecule has 1 aromatic carbocycles. The zero-order chi connectivity index (χ0) is 25.2. The summed E-state index contributed by atoms with van der Waals surface area (Å²) in [6.07, 6.45) is 13.4. The Morgan fingerprint density at radius 2 is 1.80 bits per heavy atom.